The Labute approximate surface area is 166 Å². The predicted molar refractivity (Wildman–Crippen MR) is 111 cm³/mol. The van der Waals surface area contributed by atoms with E-state index in [1.165, 1.54) is 16.9 Å². The summed E-state index contributed by atoms with van der Waals surface area (Å²) >= 11 is 1.48. The third-order valence-electron chi connectivity index (χ3n) is 4.45. The Morgan fingerprint density at radius 1 is 1.21 bits per heavy atom. The van der Waals surface area contributed by atoms with Gasteiger partial charge in [-0.25, -0.2) is 9.67 Å². The van der Waals surface area contributed by atoms with Crippen molar-refractivity contribution in [3.8, 4) is 11.4 Å². The molecule has 1 amide bonds. The molecule has 1 N–H and O–H groups in total. The van der Waals surface area contributed by atoms with Crippen LogP contribution in [0.15, 0.2) is 42.5 Å². The number of rotatable bonds is 5. The van der Waals surface area contributed by atoms with Crippen LogP contribution in [0.25, 0.3) is 21.6 Å². The van der Waals surface area contributed by atoms with Crippen LogP contribution in [0.4, 0.5) is 5.13 Å². The Bertz CT molecular complexity index is 1150. The second kappa shape index (κ2) is 7.47. The molecule has 2 aromatic carbocycles. The fourth-order valence-corrected chi connectivity index (χ4v) is 3.87. The van der Waals surface area contributed by atoms with E-state index in [1.54, 1.807) is 16.8 Å². The quantitative estimate of drug-likeness (QED) is 0.546. The van der Waals surface area contributed by atoms with E-state index in [-0.39, 0.29) is 11.9 Å². The van der Waals surface area contributed by atoms with Crippen LogP contribution in [-0.4, -0.2) is 31.1 Å². The maximum absolute atomic E-state index is 12.8. The van der Waals surface area contributed by atoms with E-state index in [2.05, 4.69) is 44.9 Å². The number of fused-ring (bicyclic) bond motifs is 1. The van der Waals surface area contributed by atoms with Crippen LogP contribution in [0.2, 0.25) is 0 Å². The lowest BCUT2D eigenvalue weighted by atomic mass is 10.1. The highest BCUT2D eigenvalue weighted by atomic mass is 32.1. The summed E-state index contributed by atoms with van der Waals surface area (Å²) in [6.07, 6.45) is 0.970. The molecule has 7 nitrogen and oxygen atoms in total. The van der Waals surface area contributed by atoms with Gasteiger partial charge in [0.2, 0.25) is 0 Å². The molecule has 2 heterocycles. The fraction of sp³-hybridized carbons (Fsp3) is 0.250. The van der Waals surface area contributed by atoms with Gasteiger partial charge in [-0.3, -0.25) is 10.1 Å². The summed E-state index contributed by atoms with van der Waals surface area (Å²) in [5, 5.41) is 15.4. The van der Waals surface area contributed by atoms with E-state index in [0.717, 1.165) is 22.2 Å². The average molecular weight is 392 g/mol. The summed E-state index contributed by atoms with van der Waals surface area (Å²) in [4.78, 5) is 17.3. The smallest absolute Gasteiger partial charge is 0.257 e. The maximum atomic E-state index is 12.8. The zero-order chi connectivity index (χ0) is 19.7. The number of nitrogens with zero attached hydrogens (tertiary/aromatic N) is 5. The van der Waals surface area contributed by atoms with E-state index < -0.39 is 0 Å². The topological polar surface area (TPSA) is 85.6 Å². The van der Waals surface area contributed by atoms with Crippen molar-refractivity contribution >= 4 is 32.6 Å². The number of tetrazole rings is 1. The third-order valence-corrected chi connectivity index (χ3v) is 5.38. The molecule has 28 heavy (non-hydrogen) atoms. The van der Waals surface area contributed by atoms with E-state index in [1.807, 2.05) is 32.0 Å². The first kappa shape index (κ1) is 18.2. The number of aromatic nitrogens is 5. The minimum Gasteiger partial charge on any atom is -0.298 e. The number of benzene rings is 2. The highest BCUT2D eigenvalue weighted by molar-refractivity contribution is 7.22. The molecule has 4 aromatic rings. The van der Waals surface area contributed by atoms with Gasteiger partial charge in [-0.05, 0) is 60.5 Å². The number of nitrogens with one attached hydrogen (secondary N) is 1. The van der Waals surface area contributed by atoms with Gasteiger partial charge in [0.15, 0.2) is 11.0 Å². The molecule has 0 aliphatic rings. The molecule has 8 heteroatoms. The molecule has 0 spiro atoms. The van der Waals surface area contributed by atoms with Gasteiger partial charge < -0.3 is 0 Å². The minimum absolute atomic E-state index is 0.123. The normalized spacial score (nSPS) is 11.3. The van der Waals surface area contributed by atoms with Crippen molar-refractivity contribution in [3.05, 3.63) is 53.6 Å². The lowest BCUT2D eigenvalue weighted by Gasteiger charge is -2.08. The van der Waals surface area contributed by atoms with Crippen molar-refractivity contribution in [1.29, 1.82) is 0 Å². The van der Waals surface area contributed by atoms with Gasteiger partial charge in [-0.2, -0.15) is 0 Å². The van der Waals surface area contributed by atoms with Crippen LogP contribution < -0.4 is 5.32 Å². The first-order valence-corrected chi connectivity index (χ1v) is 9.96. The Morgan fingerprint density at radius 2 is 2.07 bits per heavy atom. The third kappa shape index (κ3) is 3.50. The molecule has 0 saturated heterocycles. The Kier molecular flexibility index (Phi) is 4.87. The van der Waals surface area contributed by atoms with Crippen LogP contribution in [0.5, 0.6) is 0 Å². The van der Waals surface area contributed by atoms with Crippen LogP contribution in [0.3, 0.4) is 0 Å². The summed E-state index contributed by atoms with van der Waals surface area (Å²) in [6.45, 7) is 6.13. The van der Waals surface area contributed by atoms with Crippen molar-refractivity contribution in [2.75, 3.05) is 5.32 Å². The van der Waals surface area contributed by atoms with Gasteiger partial charge in [0.25, 0.3) is 5.91 Å². The molecule has 142 valence electrons. The number of hydrogen-bond acceptors (Lipinski definition) is 6. The molecular formula is C20H20N6OS. The van der Waals surface area contributed by atoms with E-state index in [0.29, 0.717) is 16.5 Å². The van der Waals surface area contributed by atoms with Crippen LogP contribution >= 0.6 is 11.3 Å². The maximum Gasteiger partial charge on any atom is 0.257 e. The monoisotopic (exact) mass is 392 g/mol. The van der Waals surface area contributed by atoms with Crippen molar-refractivity contribution < 1.29 is 4.79 Å². The molecule has 4 rings (SSSR count). The summed E-state index contributed by atoms with van der Waals surface area (Å²) in [6, 6.07) is 13.6. The first-order chi connectivity index (χ1) is 13.5. The summed E-state index contributed by atoms with van der Waals surface area (Å²) < 4.78 is 2.80. The Morgan fingerprint density at radius 3 is 2.86 bits per heavy atom. The van der Waals surface area contributed by atoms with E-state index in [4.69, 9.17) is 0 Å². The molecule has 0 fully saturated rings. The number of amides is 1. The number of hydrogen-bond donors (Lipinski definition) is 1. The number of carbonyl (C=O) groups is 1. The second-order valence-electron chi connectivity index (χ2n) is 6.75. The van der Waals surface area contributed by atoms with Crippen molar-refractivity contribution in [1.82, 2.24) is 25.2 Å². The SMILES string of the molecule is CCc1ccc2nc(NC(=O)c3cccc(-c4nnnn4C(C)C)c3)sc2c1. The lowest BCUT2D eigenvalue weighted by molar-refractivity contribution is 0.102. The van der Waals surface area contributed by atoms with Gasteiger partial charge in [-0.1, -0.05) is 36.5 Å². The predicted octanol–water partition coefficient (Wildman–Crippen LogP) is 4.35. The van der Waals surface area contributed by atoms with E-state index in [9.17, 15) is 4.79 Å². The number of thiazole rings is 1. The molecule has 0 bridgehead atoms. The molecule has 0 aliphatic heterocycles. The molecular weight excluding hydrogens is 372 g/mol. The molecule has 0 unspecified atom stereocenters. The summed E-state index contributed by atoms with van der Waals surface area (Å²) in [5.74, 6) is 0.428. The van der Waals surface area contributed by atoms with Gasteiger partial charge in [0.05, 0.1) is 16.3 Å². The Hall–Kier alpha value is -3.13. The largest absolute Gasteiger partial charge is 0.298 e. The summed E-state index contributed by atoms with van der Waals surface area (Å²) in [7, 11) is 0. The van der Waals surface area contributed by atoms with Crippen molar-refractivity contribution in [2.24, 2.45) is 0 Å². The van der Waals surface area contributed by atoms with E-state index >= 15 is 0 Å². The van der Waals surface area contributed by atoms with Crippen LogP contribution in [0, 0.1) is 0 Å². The van der Waals surface area contributed by atoms with Crippen molar-refractivity contribution in [3.63, 3.8) is 0 Å². The summed E-state index contributed by atoms with van der Waals surface area (Å²) in [5.41, 5.74) is 3.47. The molecule has 0 saturated carbocycles. The zero-order valence-corrected chi connectivity index (χ0v) is 16.7. The van der Waals surface area contributed by atoms with Gasteiger partial charge in [-0.15, -0.1) is 5.10 Å². The Balaban J connectivity index is 1.59. The zero-order valence-electron chi connectivity index (χ0n) is 15.9. The number of carbonyl (C=O) groups excluding carboxylic acids is 1. The highest BCUT2D eigenvalue weighted by Gasteiger charge is 2.15. The molecule has 0 radical (unpaired) electrons. The van der Waals surface area contributed by atoms with Gasteiger partial charge in [0.1, 0.15) is 0 Å². The lowest BCUT2D eigenvalue weighted by Crippen LogP contribution is -2.12. The second-order valence-corrected chi connectivity index (χ2v) is 7.78. The minimum atomic E-state index is -0.208. The average Bonchev–Trinajstić information content (AvgIpc) is 3.34. The number of aryl methyl sites for hydroxylation is 1. The van der Waals surface area contributed by atoms with Crippen molar-refractivity contribution in [2.45, 2.75) is 33.2 Å². The standard InChI is InChI=1S/C20H20N6OS/c1-4-13-8-9-16-17(10-13)28-20(21-16)22-19(27)15-7-5-6-14(11-15)18-23-24-25-26(18)12(2)3/h5-12H,4H2,1-3H3,(H,21,22,27). The van der Waals surface area contributed by atoms with Gasteiger partial charge >= 0.3 is 0 Å². The van der Waals surface area contributed by atoms with Gasteiger partial charge in [0, 0.05) is 11.1 Å². The first-order valence-electron chi connectivity index (χ1n) is 9.14. The molecule has 0 atom stereocenters. The van der Waals surface area contributed by atoms with Crippen LogP contribution in [0.1, 0.15) is 42.7 Å². The highest BCUT2D eigenvalue weighted by Crippen LogP contribution is 2.28. The molecule has 2 aromatic heterocycles. The fourth-order valence-electron chi connectivity index (χ4n) is 2.94. The number of anilines is 1. The molecule has 0 aliphatic carbocycles. The van der Waals surface area contributed by atoms with Crippen LogP contribution in [-0.2, 0) is 6.42 Å².